The van der Waals surface area contributed by atoms with Crippen molar-refractivity contribution in [3.05, 3.63) is 42.2 Å². The third-order valence-corrected chi connectivity index (χ3v) is 3.22. The fourth-order valence-corrected chi connectivity index (χ4v) is 2.29. The van der Waals surface area contributed by atoms with E-state index in [0.29, 0.717) is 5.56 Å². The van der Waals surface area contributed by atoms with E-state index in [0.717, 1.165) is 10.8 Å². The summed E-state index contributed by atoms with van der Waals surface area (Å²) in [4.78, 5) is 17.7. The Morgan fingerprint density at radius 1 is 1.33 bits per heavy atom. The van der Waals surface area contributed by atoms with Gasteiger partial charge in [-0.15, -0.1) is 0 Å². The number of fused-ring (bicyclic) bond motifs is 1. The number of amides is 1. The number of halogens is 1. The quantitative estimate of drug-likeness (QED) is 0.771. The molecule has 4 heteroatoms. The molecule has 1 saturated heterocycles. The number of carbonyl (C=O) groups is 1. The van der Waals surface area contributed by atoms with Crippen molar-refractivity contribution in [2.45, 2.75) is 12.6 Å². The molecule has 1 aromatic heterocycles. The number of hydrogen-bond acceptors (Lipinski definition) is 2. The number of aromatic nitrogens is 1. The Morgan fingerprint density at radius 2 is 2.11 bits per heavy atom. The number of hydrogen-bond donors (Lipinski definition) is 0. The number of nitrogens with zero attached hydrogens (tertiary/aromatic N) is 2. The van der Waals surface area contributed by atoms with Crippen LogP contribution in [-0.2, 0) is 0 Å². The molecule has 1 aromatic carbocycles. The largest absolute Gasteiger partial charge is 0.332 e. The van der Waals surface area contributed by atoms with Gasteiger partial charge in [0.05, 0.1) is 13.1 Å². The molecule has 0 bridgehead atoms. The van der Waals surface area contributed by atoms with Crippen LogP contribution in [-0.4, -0.2) is 34.5 Å². The molecule has 1 aliphatic heterocycles. The lowest BCUT2D eigenvalue weighted by Gasteiger charge is -2.42. The van der Waals surface area contributed by atoms with Gasteiger partial charge in [0.2, 0.25) is 0 Å². The first kappa shape index (κ1) is 11.1. The van der Waals surface area contributed by atoms with Crippen LogP contribution in [0.4, 0.5) is 4.39 Å². The second-order valence-electron chi connectivity index (χ2n) is 5.01. The van der Waals surface area contributed by atoms with Gasteiger partial charge in [-0.3, -0.25) is 9.78 Å². The van der Waals surface area contributed by atoms with Gasteiger partial charge in [0.1, 0.15) is 5.67 Å². The fourth-order valence-electron chi connectivity index (χ4n) is 2.29. The van der Waals surface area contributed by atoms with Crippen molar-refractivity contribution in [1.29, 1.82) is 0 Å². The van der Waals surface area contributed by atoms with Gasteiger partial charge in [-0.05, 0) is 30.5 Å². The van der Waals surface area contributed by atoms with E-state index in [4.69, 9.17) is 0 Å². The monoisotopic (exact) mass is 244 g/mol. The Bertz CT molecular complexity index is 616. The van der Waals surface area contributed by atoms with Crippen LogP contribution in [0.5, 0.6) is 0 Å². The third kappa shape index (κ3) is 1.83. The maximum absolute atomic E-state index is 13.4. The van der Waals surface area contributed by atoms with Crippen molar-refractivity contribution >= 4 is 16.7 Å². The van der Waals surface area contributed by atoms with Crippen LogP contribution in [0.2, 0.25) is 0 Å². The molecule has 18 heavy (non-hydrogen) atoms. The van der Waals surface area contributed by atoms with Crippen LogP contribution in [0.15, 0.2) is 36.7 Å². The minimum Gasteiger partial charge on any atom is -0.332 e. The standard InChI is InChI=1S/C14H13FN2O/c1-14(15)8-17(9-14)13(18)11-3-2-10-4-5-16-7-12(10)6-11/h2-7H,8-9H2,1H3. The van der Waals surface area contributed by atoms with E-state index < -0.39 is 5.67 Å². The van der Waals surface area contributed by atoms with E-state index in [9.17, 15) is 9.18 Å². The average Bonchev–Trinajstić information content (AvgIpc) is 2.34. The van der Waals surface area contributed by atoms with Crippen molar-refractivity contribution in [2.24, 2.45) is 0 Å². The highest BCUT2D eigenvalue weighted by molar-refractivity contribution is 5.98. The average molecular weight is 244 g/mol. The summed E-state index contributed by atoms with van der Waals surface area (Å²) in [6, 6.07) is 7.36. The molecule has 0 aliphatic carbocycles. The number of alkyl halides is 1. The molecular weight excluding hydrogens is 231 g/mol. The van der Waals surface area contributed by atoms with E-state index in [1.54, 1.807) is 24.5 Å². The smallest absolute Gasteiger partial charge is 0.254 e. The lowest BCUT2D eigenvalue weighted by Crippen LogP contribution is -2.59. The van der Waals surface area contributed by atoms with E-state index >= 15 is 0 Å². The molecule has 0 saturated carbocycles. The highest BCUT2D eigenvalue weighted by Crippen LogP contribution is 2.26. The molecule has 1 amide bonds. The molecule has 2 aromatic rings. The first-order valence-corrected chi connectivity index (χ1v) is 5.87. The zero-order chi connectivity index (χ0) is 12.8. The molecule has 0 N–H and O–H groups in total. The molecule has 0 radical (unpaired) electrons. The number of rotatable bonds is 1. The Balaban J connectivity index is 1.88. The Hall–Kier alpha value is -1.97. The molecule has 0 unspecified atom stereocenters. The zero-order valence-electron chi connectivity index (χ0n) is 10.1. The molecule has 1 fully saturated rings. The van der Waals surface area contributed by atoms with Crippen molar-refractivity contribution in [1.82, 2.24) is 9.88 Å². The molecular formula is C14H13FN2O. The molecule has 2 heterocycles. The summed E-state index contributed by atoms with van der Waals surface area (Å²) in [7, 11) is 0. The van der Waals surface area contributed by atoms with Crippen LogP contribution in [0, 0.1) is 0 Å². The Morgan fingerprint density at radius 3 is 2.83 bits per heavy atom. The summed E-state index contributed by atoms with van der Waals surface area (Å²) in [5.74, 6) is -0.115. The lowest BCUT2D eigenvalue weighted by atomic mass is 9.97. The fraction of sp³-hybridized carbons (Fsp3) is 0.286. The van der Waals surface area contributed by atoms with E-state index in [1.807, 2.05) is 12.1 Å². The van der Waals surface area contributed by atoms with Crippen molar-refractivity contribution in [3.63, 3.8) is 0 Å². The zero-order valence-corrected chi connectivity index (χ0v) is 10.1. The second-order valence-corrected chi connectivity index (χ2v) is 5.01. The molecule has 92 valence electrons. The normalized spacial score (nSPS) is 17.6. The summed E-state index contributed by atoms with van der Waals surface area (Å²) >= 11 is 0. The van der Waals surface area contributed by atoms with Crippen molar-refractivity contribution in [3.8, 4) is 0 Å². The SMILES string of the molecule is CC1(F)CN(C(=O)c2ccc3ccncc3c2)C1. The number of carbonyl (C=O) groups excluding carboxylic acids is 1. The van der Waals surface area contributed by atoms with Gasteiger partial charge in [-0.2, -0.15) is 0 Å². The maximum atomic E-state index is 13.4. The van der Waals surface area contributed by atoms with E-state index in [1.165, 1.54) is 11.8 Å². The predicted molar refractivity (Wildman–Crippen MR) is 67.2 cm³/mol. The summed E-state index contributed by atoms with van der Waals surface area (Å²) < 4.78 is 13.4. The van der Waals surface area contributed by atoms with Gasteiger partial charge in [-0.1, -0.05) is 6.07 Å². The van der Waals surface area contributed by atoms with Gasteiger partial charge in [-0.25, -0.2) is 4.39 Å². The van der Waals surface area contributed by atoms with Crippen LogP contribution in [0.25, 0.3) is 10.8 Å². The molecule has 3 nitrogen and oxygen atoms in total. The predicted octanol–water partition coefficient (Wildman–Crippen LogP) is 2.42. The maximum Gasteiger partial charge on any atom is 0.254 e. The Kier molecular flexibility index (Phi) is 2.33. The highest BCUT2D eigenvalue weighted by Gasteiger charge is 2.41. The minimum absolute atomic E-state index is 0.115. The summed E-state index contributed by atoms with van der Waals surface area (Å²) in [5.41, 5.74) is -0.639. The van der Waals surface area contributed by atoms with Crippen molar-refractivity contribution in [2.75, 3.05) is 13.1 Å². The Labute approximate surface area is 104 Å². The second kappa shape index (κ2) is 3.77. The number of pyridine rings is 1. The number of likely N-dealkylation sites (tertiary alicyclic amines) is 1. The first-order chi connectivity index (χ1) is 8.55. The highest BCUT2D eigenvalue weighted by atomic mass is 19.1. The summed E-state index contributed by atoms with van der Waals surface area (Å²) in [5, 5.41) is 1.97. The van der Waals surface area contributed by atoms with Crippen LogP contribution in [0.1, 0.15) is 17.3 Å². The molecule has 3 rings (SSSR count). The summed E-state index contributed by atoms with van der Waals surface area (Å²) in [6.07, 6.45) is 3.44. The first-order valence-electron chi connectivity index (χ1n) is 5.87. The lowest BCUT2D eigenvalue weighted by molar-refractivity contribution is -0.00784. The van der Waals surface area contributed by atoms with Gasteiger partial charge in [0, 0.05) is 23.3 Å². The minimum atomic E-state index is -1.23. The van der Waals surface area contributed by atoms with Crippen LogP contribution >= 0.6 is 0 Å². The topological polar surface area (TPSA) is 33.2 Å². The number of benzene rings is 1. The molecule has 0 spiro atoms. The molecule has 0 atom stereocenters. The van der Waals surface area contributed by atoms with Crippen LogP contribution < -0.4 is 0 Å². The van der Waals surface area contributed by atoms with Crippen LogP contribution in [0.3, 0.4) is 0 Å². The van der Waals surface area contributed by atoms with E-state index in [-0.39, 0.29) is 19.0 Å². The third-order valence-electron chi connectivity index (χ3n) is 3.22. The van der Waals surface area contributed by atoms with Gasteiger partial charge in [0.15, 0.2) is 0 Å². The molecule has 1 aliphatic rings. The van der Waals surface area contributed by atoms with Crippen molar-refractivity contribution < 1.29 is 9.18 Å². The summed E-state index contributed by atoms with van der Waals surface area (Å²) in [6.45, 7) is 1.87. The van der Waals surface area contributed by atoms with E-state index in [2.05, 4.69) is 4.98 Å². The van der Waals surface area contributed by atoms with Gasteiger partial charge in [0.25, 0.3) is 5.91 Å². The van der Waals surface area contributed by atoms with Gasteiger partial charge < -0.3 is 4.90 Å². The van der Waals surface area contributed by atoms with Gasteiger partial charge >= 0.3 is 0 Å².